The van der Waals surface area contributed by atoms with Crippen LogP contribution in [0, 0.1) is 5.92 Å². The third-order valence-electron chi connectivity index (χ3n) is 4.79. The van der Waals surface area contributed by atoms with Crippen molar-refractivity contribution in [2.24, 2.45) is 5.92 Å². The maximum atomic E-state index is 13.1. The number of imide groups is 1. The van der Waals surface area contributed by atoms with Gasteiger partial charge < -0.3 is 25.3 Å². The van der Waals surface area contributed by atoms with E-state index in [2.05, 4.69) is 10.6 Å². The van der Waals surface area contributed by atoms with Crippen LogP contribution in [0.1, 0.15) is 53.0 Å². The van der Waals surface area contributed by atoms with Crippen LogP contribution >= 0.6 is 0 Å². The molecule has 1 saturated heterocycles. The molecule has 0 radical (unpaired) electrons. The number of rotatable bonds is 8. The zero-order chi connectivity index (χ0) is 25.6. The molecule has 0 unspecified atom stereocenters. The predicted molar refractivity (Wildman–Crippen MR) is 119 cm³/mol. The quantitative estimate of drug-likeness (QED) is 0.477. The molecule has 2 atom stereocenters. The van der Waals surface area contributed by atoms with E-state index >= 15 is 0 Å². The van der Waals surface area contributed by atoms with E-state index in [9.17, 15) is 29.1 Å². The van der Waals surface area contributed by atoms with Crippen molar-refractivity contribution in [3.05, 3.63) is 29.8 Å². The summed E-state index contributed by atoms with van der Waals surface area (Å²) in [6.07, 6.45) is -0.907. The first-order valence-electron chi connectivity index (χ1n) is 10.9. The fraction of sp³-hybridized carbons (Fsp3) is 0.522. The summed E-state index contributed by atoms with van der Waals surface area (Å²) in [6, 6.07) is 3.72. The zero-order valence-electron chi connectivity index (χ0n) is 19.9. The number of amides is 4. The first kappa shape index (κ1) is 26.6. The van der Waals surface area contributed by atoms with Crippen LogP contribution in [0.3, 0.4) is 0 Å². The molecule has 2 rings (SSSR count). The number of aromatic hydroxyl groups is 1. The summed E-state index contributed by atoms with van der Waals surface area (Å²) < 4.78 is 5.24. The number of benzene rings is 1. The van der Waals surface area contributed by atoms with Crippen molar-refractivity contribution in [2.45, 2.75) is 71.6 Å². The molecule has 1 fully saturated rings. The Balaban J connectivity index is 2.18. The van der Waals surface area contributed by atoms with E-state index in [1.54, 1.807) is 46.8 Å². The van der Waals surface area contributed by atoms with E-state index in [-0.39, 0.29) is 25.0 Å². The number of phenols is 1. The van der Waals surface area contributed by atoms with E-state index < -0.39 is 53.4 Å². The van der Waals surface area contributed by atoms with Gasteiger partial charge in [0.05, 0.1) is 0 Å². The second kappa shape index (κ2) is 11.0. The number of nitrogens with one attached hydrogen (secondary N) is 2. The van der Waals surface area contributed by atoms with Gasteiger partial charge in [0.25, 0.3) is 11.8 Å². The van der Waals surface area contributed by atoms with Gasteiger partial charge in [-0.3, -0.25) is 14.4 Å². The monoisotopic (exact) mass is 477 g/mol. The third kappa shape index (κ3) is 7.75. The van der Waals surface area contributed by atoms with E-state index in [1.807, 2.05) is 0 Å². The van der Waals surface area contributed by atoms with Crippen LogP contribution in [0.4, 0.5) is 4.79 Å². The molecule has 4 amide bonds. The predicted octanol–water partition coefficient (Wildman–Crippen LogP) is 1.58. The Labute approximate surface area is 197 Å². The number of hydrogen-bond donors (Lipinski definition) is 3. The normalized spacial score (nSPS) is 15.6. The molecular weight excluding hydrogens is 446 g/mol. The molecule has 1 aliphatic heterocycles. The maximum absolute atomic E-state index is 13.1. The van der Waals surface area contributed by atoms with Crippen LogP contribution < -0.4 is 10.6 Å². The number of alkyl carbamates (subject to hydrolysis) is 1. The van der Waals surface area contributed by atoms with Crippen LogP contribution in [-0.2, 0) is 35.2 Å². The average Bonchev–Trinajstić information content (AvgIpc) is 3.03. The van der Waals surface area contributed by atoms with Gasteiger partial charge in [-0.1, -0.05) is 26.0 Å². The highest BCUT2D eigenvalue weighted by Gasteiger charge is 2.37. The molecule has 186 valence electrons. The number of carbonyl (C=O) groups is 5. The van der Waals surface area contributed by atoms with E-state index in [0.29, 0.717) is 10.6 Å². The van der Waals surface area contributed by atoms with Crippen LogP contribution in [0.25, 0.3) is 0 Å². The van der Waals surface area contributed by atoms with Crippen molar-refractivity contribution >= 4 is 29.8 Å². The van der Waals surface area contributed by atoms with Crippen molar-refractivity contribution in [1.29, 1.82) is 0 Å². The summed E-state index contributed by atoms with van der Waals surface area (Å²) in [7, 11) is 0. The fourth-order valence-corrected chi connectivity index (χ4v) is 3.08. The number of carbonyl (C=O) groups excluding carboxylic acids is 5. The van der Waals surface area contributed by atoms with Gasteiger partial charge in [0.1, 0.15) is 23.4 Å². The Morgan fingerprint density at radius 1 is 1.03 bits per heavy atom. The Hall–Kier alpha value is -3.63. The molecule has 0 saturated carbocycles. The lowest BCUT2D eigenvalue weighted by Gasteiger charge is -2.26. The molecule has 11 nitrogen and oxygen atoms in total. The minimum atomic E-state index is -1.20. The Morgan fingerprint density at radius 3 is 2.09 bits per heavy atom. The van der Waals surface area contributed by atoms with Gasteiger partial charge in [-0.05, 0) is 44.4 Å². The highest BCUT2D eigenvalue weighted by atomic mass is 16.7. The summed E-state index contributed by atoms with van der Waals surface area (Å²) >= 11 is 0. The summed E-state index contributed by atoms with van der Waals surface area (Å²) in [4.78, 5) is 66.6. The molecule has 3 N–H and O–H groups in total. The number of nitrogens with zero attached hydrogens (tertiary/aromatic N) is 1. The van der Waals surface area contributed by atoms with Gasteiger partial charge in [-0.25, -0.2) is 9.59 Å². The van der Waals surface area contributed by atoms with Crippen LogP contribution in [0.2, 0.25) is 0 Å². The molecule has 1 aromatic rings. The molecule has 0 spiro atoms. The lowest BCUT2D eigenvalue weighted by atomic mass is 10.0. The molecule has 34 heavy (non-hydrogen) atoms. The molecule has 0 aliphatic carbocycles. The van der Waals surface area contributed by atoms with Crippen molar-refractivity contribution in [1.82, 2.24) is 15.7 Å². The van der Waals surface area contributed by atoms with Crippen molar-refractivity contribution in [3.8, 4) is 5.75 Å². The van der Waals surface area contributed by atoms with E-state index in [4.69, 9.17) is 9.57 Å². The molecule has 0 aromatic heterocycles. The van der Waals surface area contributed by atoms with E-state index in [1.165, 1.54) is 12.1 Å². The standard InChI is InChI=1S/C23H31N3O8/c1-13(2)19(21(31)34-26-17(28)10-11-18(26)29)25-20(30)16(24-22(32)33-23(3,4)5)12-14-6-8-15(27)9-7-14/h6-9,13,16,19,27H,10-12H2,1-5H3,(H,24,32)(H,25,30)/t16-,19-/m0/s1. The Kier molecular flexibility index (Phi) is 8.61. The molecular formula is C23H31N3O8. The number of ether oxygens (including phenoxy) is 1. The number of hydroxylamine groups is 2. The van der Waals surface area contributed by atoms with Crippen molar-refractivity contribution in [3.63, 3.8) is 0 Å². The second-order valence-electron chi connectivity index (χ2n) is 9.29. The second-order valence-corrected chi connectivity index (χ2v) is 9.29. The van der Waals surface area contributed by atoms with Gasteiger partial charge in [0.2, 0.25) is 5.91 Å². The summed E-state index contributed by atoms with van der Waals surface area (Å²) in [5.41, 5.74) is -0.172. The minimum absolute atomic E-state index is 0.0360. The highest BCUT2D eigenvalue weighted by Crippen LogP contribution is 2.16. The highest BCUT2D eigenvalue weighted by molar-refractivity contribution is 6.02. The lowest BCUT2D eigenvalue weighted by molar-refractivity contribution is -0.199. The number of hydrogen-bond acceptors (Lipinski definition) is 8. The SMILES string of the molecule is CC(C)[C@H](NC(=O)[C@H](Cc1ccc(O)cc1)NC(=O)OC(C)(C)C)C(=O)ON1C(=O)CCC1=O. The topological polar surface area (TPSA) is 151 Å². The van der Waals surface area contributed by atoms with Crippen molar-refractivity contribution in [2.75, 3.05) is 0 Å². The minimum Gasteiger partial charge on any atom is -0.508 e. The fourth-order valence-electron chi connectivity index (χ4n) is 3.08. The summed E-state index contributed by atoms with van der Waals surface area (Å²) in [6.45, 7) is 8.32. The van der Waals surface area contributed by atoms with Crippen LogP contribution in [0.15, 0.2) is 24.3 Å². The third-order valence-corrected chi connectivity index (χ3v) is 4.79. The maximum Gasteiger partial charge on any atom is 0.408 e. The first-order valence-corrected chi connectivity index (χ1v) is 10.9. The van der Waals surface area contributed by atoms with Gasteiger partial charge in [0.15, 0.2) is 0 Å². The van der Waals surface area contributed by atoms with Gasteiger partial charge in [0, 0.05) is 19.3 Å². The number of phenolic OH excluding ortho intramolecular Hbond substituents is 1. The molecule has 1 heterocycles. The summed E-state index contributed by atoms with van der Waals surface area (Å²) in [5, 5.41) is 14.9. The molecule has 1 aromatic carbocycles. The van der Waals surface area contributed by atoms with Crippen LogP contribution in [0.5, 0.6) is 5.75 Å². The largest absolute Gasteiger partial charge is 0.508 e. The summed E-state index contributed by atoms with van der Waals surface area (Å²) in [5.74, 6) is -3.37. The van der Waals surface area contributed by atoms with E-state index in [0.717, 1.165) is 0 Å². The van der Waals surface area contributed by atoms with Crippen molar-refractivity contribution < 1.29 is 38.7 Å². The van der Waals surface area contributed by atoms with Gasteiger partial charge in [-0.2, -0.15) is 0 Å². The van der Waals surface area contributed by atoms with Gasteiger partial charge in [-0.15, -0.1) is 5.06 Å². The average molecular weight is 478 g/mol. The lowest BCUT2D eigenvalue weighted by Crippen LogP contribution is -2.55. The van der Waals surface area contributed by atoms with Crippen LogP contribution in [-0.4, -0.2) is 57.6 Å². The van der Waals surface area contributed by atoms with Gasteiger partial charge >= 0.3 is 12.1 Å². The molecule has 11 heteroatoms. The zero-order valence-corrected chi connectivity index (χ0v) is 19.9. The molecule has 1 aliphatic rings. The Morgan fingerprint density at radius 2 is 1.59 bits per heavy atom. The first-order chi connectivity index (χ1) is 15.8. The smallest absolute Gasteiger partial charge is 0.408 e. The Bertz CT molecular complexity index is 921. The molecule has 0 bridgehead atoms.